The molecule has 0 aliphatic carbocycles. The summed E-state index contributed by atoms with van der Waals surface area (Å²) < 4.78 is 0. The van der Waals surface area contributed by atoms with Gasteiger partial charge in [0, 0.05) is 5.02 Å². The maximum Gasteiger partial charge on any atom is 0.0412 e. The molecule has 0 aliphatic heterocycles. The number of rotatable bonds is 20. The van der Waals surface area contributed by atoms with Crippen LogP contribution in [0, 0.1) is 0 Å². The van der Waals surface area contributed by atoms with Crippen molar-refractivity contribution in [3.05, 3.63) is 107 Å². The Balaban J connectivity index is 1.37. The first-order chi connectivity index (χ1) is 23.2. The first-order valence-electron chi connectivity index (χ1n) is 19.0. The molecule has 5 aromatic rings. The minimum Gasteiger partial charge on any atom is -0.0843 e. The van der Waals surface area contributed by atoms with E-state index in [1.807, 2.05) is 6.07 Å². The Labute approximate surface area is 291 Å². The van der Waals surface area contributed by atoms with E-state index in [0.29, 0.717) is 0 Å². The first kappa shape index (κ1) is 35.2. The number of benzene rings is 5. The maximum absolute atomic E-state index is 6.69. The van der Waals surface area contributed by atoms with Gasteiger partial charge in [0.15, 0.2) is 0 Å². The van der Waals surface area contributed by atoms with E-state index in [9.17, 15) is 0 Å². The lowest BCUT2D eigenvalue weighted by Gasteiger charge is -2.19. The van der Waals surface area contributed by atoms with Gasteiger partial charge < -0.3 is 0 Å². The van der Waals surface area contributed by atoms with Gasteiger partial charge in [-0.05, 0) is 92.7 Å². The van der Waals surface area contributed by atoms with Gasteiger partial charge in [-0.2, -0.15) is 0 Å². The molecule has 0 N–H and O–H groups in total. The fourth-order valence-electron chi connectivity index (χ4n) is 7.37. The molecule has 0 aliphatic rings. The summed E-state index contributed by atoms with van der Waals surface area (Å²) in [4.78, 5) is 0. The lowest BCUT2D eigenvalue weighted by atomic mass is 9.84. The molecule has 0 amide bonds. The van der Waals surface area contributed by atoms with Crippen molar-refractivity contribution in [3.8, 4) is 22.3 Å². The molecule has 0 unspecified atom stereocenters. The molecule has 0 saturated heterocycles. The van der Waals surface area contributed by atoms with Gasteiger partial charge in [-0.15, -0.1) is 0 Å². The first-order valence-corrected chi connectivity index (χ1v) is 19.4. The van der Waals surface area contributed by atoms with Crippen LogP contribution >= 0.6 is 11.6 Å². The minimum absolute atomic E-state index is 0.784. The fraction of sp³-hybridized carbons (Fsp3) is 0.435. The van der Waals surface area contributed by atoms with Gasteiger partial charge in [-0.1, -0.05) is 194 Å². The zero-order chi connectivity index (χ0) is 32.7. The molecule has 1 heteroatoms. The normalized spacial score (nSPS) is 11.6. The monoisotopic (exact) mass is 644 g/mol. The Morgan fingerprint density at radius 3 is 1.28 bits per heavy atom. The predicted molar refractivity (Wildman–Crippen MR) is 210 cm³/mol. The standard InChI is InChI=1S/C46H57Cl/c1-3-5-7-9-11-13-15-17-21-36-25-29-38(30-26-36)45-43-24-20-19-23-41(43)42-34-33-40(47)35-44(42)46(45)39-31-27-37(28-32-39)22-18-16-14-12-10-8-6-4-2/h19-20,23-35H,3-18,21-22H2,1-2H3. The van der Waals surface area contributed by atoms with Crippen LogP contribution in [0.3, 0.4) is 0 Å². The molecule has 0 nitrogen and oxygen atoms in total. The van der Waals surface area contributed by atoms with Gasteiger partial charge in [0.2, 0.25) is 0 Å². The third kappa shape index (κ3) is 9.96. The summed E-state index contributed by atoms with van der Waals surface area (Å²) >= 11 is 6.69. The van der Waals surface area contributed by atoms with Gasteiger partial charge in [-0.3, -0.25) is 0 Å². The summed E-state index contributed by atoms with van der Waals surface area (Å²) in [6, 6.07) is 34.2. The second kappa shape index (κ2) is 19.0. The van der Waals surface area contributed by atoms with Crippen LogP contribution in [-0.4, -0.2) is 0 Å². The van der Waals surface area contributed by atoms with E-state index in [1.54, 1.807) is 0 Å². The zero-order valence-electron chi connectivity index (χ0n) is 29.3. The summed E-state index contributed by atoms with van der Waals surface area (Å²) in [5.41, 5.74) is 8.02. The Kier molecular flexibility index (Phi) is 14.3. The number of halogens is 1. The van der Waals surface area contributed by atoms with Crippen molar-refractivity contribution < 1.29 is 0 Å². The molecule has 0 spiro atoms. The van der Waals surface area contributed by atoms with Crippen molar-refractivity contribution in [1.29, 1.82) is 0 Å². The summed E-state index contributed by atoms with van der Waals surface area (Å²) in [6.07, 6.45) is 24.1. The second-order valence-electron chi connectivity index (χ2n) is 13.8. The minimum atomic E-state index is 0.784. The Morgan fingerprint density at radius 1 is 0.383 bits per heavy atom. The summed E-state index contributed by atoms with van der Waals surface area (Å²) in [6.45, 7) is 4.58. The van der Waals surface area contributed by atoms with E-state index >= 15 is 0 Å². The Bertz CT molecular complexity index is 1640. The van der Waals surface area contributed by atoms with E-state index in [2.05, 4.69) is 98.8 Å². The van der Waals surface area contributed by atoms with Crippen LogP contribution in [-0.2, 0) is 12.8 Å². The quantitative estimate of drug-likeness (QED) is 0.0584. The van der Waals surface area contributed by atoms with Crippen LogP contribution in [0.2, 0.25) is 5.02 Å². The Morgan fingerprint density at radius 2 is 0.787 bits per heavy atom. The highest BCUT2D eigenvalue weighted by Gasteiger charge is 2.18. The average molecular weight is 645 g/mol. The summed E-state index contributed by atoms with van der Waals surface area (Å²) in [5, 5.41) is 5.86. The molecule has 47 heavy (non-hydrogen) atoms. The van der Waals surface area contributed by atoms with E-state index in [0.717, 1.165) is 17.9 Å². The highest BCUT2D eigenvalue weighted by Crippen LogP contribution is 2.45. The van der Waals surface area contributed by atoms with Crippen molar-refractivity contribution in [2.75, 3.05) is 0 Å². The van der Waals surface area contributed by atoms with E-state index < -0.39 is 0 Å². The third-order valence-electron chi connectivity index (χ3n) is 10.1. The molecule has 0 fully saturated rings. The lowest BCUT2D eigenvalue weighted by Crippen LogP contribution is -1.93. The number of hydrogen-bond donors (Lipinski definition) is 0. The second-order valence-corrected chi connectivity index (χ2v) is 14.3. The molecule has 0 radical (unpaired) electrons. The summed E-state index contributed by atoms with van der Waals surface area (Å²) in [7, 11) is 0. The maximum atomic E-state index is 6.69. The van der Waals surface area contributed by atoms with Gasteiger partial charge in [-0.25, -0.2) is 0 Å². The van der Waals surface area contributed by atoms with Crippen LogP contribution in [0.15, 0.2) is 91.0 Å². The van der Waals surface area contributed by atoms with Crippen LogP contribution in [0.25, 0.3) is 43.8 Å². The van der Waals surface area contributed by atoms with Crippen molar-refractivity contribution in [1.82, 2.24) is 0 Å². The van der Waals surface area contributed by atoms with Gasteiger partial charge in [0.25, 0.3) is 0 Å². The van der Waals surface area contributed by atoms with Gasteiger partial charge in [0.1, 0.15) is 0 Å². The molecule has 0 atom stereocenters. The number of fused-ring (bicyclic) bond motifs is 3. The number of aryl methyl sites for hydroxylation is 2. The largest absolute Gasteiger partial charge is 0.0843 e. The van der Waals surface area contributed by atoms with Crippen molar-refractivity contribution in [2.45, 2.75) is 129 Å². The van der Waals surface area contributed by atoms with Crippen LogP contribution < -0.4 is 0 Å². The molecule has 0 saturated carbocycles. The average Bonchev–Trinajstić information content (AvgIpc) is 3.10. The van der Waals surface area contributed by atoms with Crippen LogP contribution in [0.4, 0.5) is 0 Å². The smallest absolute Gasteiger partial charge is 0.0412 e. The van der Waals surface area contributed by atoms with Crippen molar-refractivity contribution in [3.63, 3.8) is 0 Å². The van der Waals surface area contributed by atoms with Crippen LogP contribution in [0.5, 0.6) is 0 Å². The molecule has 5 aromatic carbocycles. The zero-order valence-corrected chi connectivity index (χ0v) is 30.0. The molecule has 0 heterocycles. The third-order valence-corrected chi connectivity index (χ3v) is 10.3. The molecule has 5 rings (SSSR count). The fourth-order valence-corrected chi connectivity index (χ4v) is 7.54. The number of unbranched alkanes of at least 4 members (excludes halogenated alkanes) is 14. The SMILES string of the molecule is CCCCCCCCCCc1ccc(-c2c(-c3ccc(CCCCCCCCCC)cc3)c3cc(Cl)ccc3c3ccccc23)cc1. The molecular formula is C46H57Cl. The highest BCUT2D eigenvalue weighted by atomic mass is 35.5. The Hall–Kier alpha value is -3.09. The van der Waals surface area contributed by atoms with Crippen LogP contribution in [0.1, 0.15) is 128 Å². The summed E-state index contributed by atoms with van der Waals surface area (Å²) in [5.74, 6) is 0. The van der Waals surface area contributed by atoms with Gasteiger partial charge in [0.05, 0.1) is 0 Å². The molecule has 0 aromatic heterocycles. The van der Waals surface area contributed by atoms with E-state index in [4.69, 9.17) is 11.6 Å². The van der Waals surface area contributed by atoms with Crippen molar-refractivity contribution >= 4 is 33.1 Å². The highest BCUT2D eigenvalue weighted by molar-refractivity contribution is 6.32. The van der Waals surface area contributed by atoms with Crippen molar-refractivity contribution in [2.24, 2.45) is 0 Å². The van der Waals surface area contributed by atoms with Gasteiger partial charge >= 0.3 is 0 Å². The molecular weight excluding hydrogens is 588 g/mol. The molecule has 248 valence electrons. The predicted octanol–water partition coefficient (Wildman–Crippen LogP) is 15.3. The number of hydrogen-bond acceptors (Lipinski definition) is 0. The lowest BCUT2D eigenvalue weighted by molar-refractivity contribution is 0.575. The topological polar surface area (TPSA) is 0 Å². The van der Waals surface area contributed by atoms with E-state index in [1.165, 1.54) is 158 Å². The van der Waals surface area contributed by atoms with E-state index in [-0.39, 0.29) is 0 Å². The molecule has 0 bridgehead atoms.